The Morgan fingerprint density at radius 3 is 2.62 bits per heavy atom. The van der Waals surface area contributed by atoms with Crippen molar-refractivity contribution in [3.8, 4) is 5.75 Å². The van der Waals surface area contributed by atoms with Gasteiger partial charge in [0.1, 0.15) is 0 Å². The van der Waals surface area contributed by atoms with E-state index < -0.39 is 5.82 Å². The van der Waals surface area contributed by atoms with Gasteiger partial charge in [0.2, 0.25) is 0 Å². The van der Waals surface area contributed by atoms with E-state index in [9.17, 15) is 4.39 Å². The smallest absolute Gasteiger partial charge is 0.167 e. The summed E-state index contributed by atoms with van der Waals surface area (Å²) < 4.78 is 19.3. The summed E-state index contributed by atoms with van der Waals surface area (Å²) in [5, 5.41) is 0. The van der Waals surface area contributed by atoms with Gasteiger partial charge in [-0.2, -0.15) is 0 Å². The van der Waals surface area contributed by atoms with Gasteiger partial charge in [0.15, 0.2) is 11.6 Å². The number of rotatable bonds is 5. The van der Waals surface area contributed by atoms with Gasteiger partial charge in [-0.15, -0.1) is 0 Å². The molecule has 2 nitrogen and oxygen atoms in total. The zero-order valence-corrected chi connectivity index (χ0v) is 13.4. The van der Waals surface area contributed by atoms with Crippen LogP contribution in [0.3, 0.4) is 0 Å². The third-order valence-electron chi connectivity index (χ3n) is 3.09. The number of ether oxygens (including phenoxy) is 1. The van der Waals surface area contributed by atoms with Gasteiger partial charge >= 0.3 is 0 Å². The number of aryl methyl sites for hydroxylation is 2. The van der Waals surface area contributed by atoms with Crippen molar-refractivity contribution in [2.24, 2.45) is 0 Å². The molecule has 0 spiro atoms. The van der Waals surface area contributed by atoms with Gasteiger partial charge in [-0.05, 0) is 43.5 Å². The Balaban J connectivity index is 2.32. The molecule has 2 rings (SSSR count). The second kappa shape index (κ2) is 6.85. The molecule has 112 valence electrons. The lowest BCUT2D eigenvalue weighted by molar-refractivity contribution is 0.300. The number of nitrogen functional groups attached to an aromatic ring is 1. The predicted molar refractivity (Wildman–Crippen MR) is 86.6 cm³/mol. The van der Waals surface area contributed by atoms with Gasteiger partial charge in [-0.25, -0.2) is 4.39 Å². The quantitative estimate of drug-likeness (QED) is 0.793. The average Bonchev–Trinajstić information content (AvgIpc) is 2.44. The molecule has 0 unspecified atom stereocenters. The van der Waals surface area contributed by atoms with Crippen molar-refractivity contribution in [3.05, 3.63) is 47.3 Å². The van der Waals surface area contributed by atoms with E-state index in [0.29, 0.717) is 12.3 Å². The summed E-state index contributed by atoms with van der Waals surface area (Å²) >= 11 is 1.54. The van der Waals surface area contributed by atoms with Crippen LogP contribution >= 0.6 is 11.8 Å². The van der Waals surface area contributed by atoms with E-state index in [1.807, 2.05) is 13.8 Å². The van der Waals surface area contributed by atoms with Crippen molar-refractivity contribution in [3.63, 3.8) is 0 Å². The van der Waals surface area contributed by atoms with E-state index >= 15 is 0 Å². The predicted octanol–water partition coefficient (Wildman–Crippen LogP) is 4.96. The number of nitrogens with two attached hydrogens (primary N) is 1. The van der Waals surface area contributed by atoms with E-state index in [0.717, 1.165) is 16.2 Å². The number of anilines is 1. The molecule has 0 aliphatic carbocycles. The fourth-order valence-electron chi connectivity index (χ4n) is 1.90. The molecule has 2 aromatic rings. The number of halogens is 1. The SMILES string of the molecule is CCCOc1cc(Sc2cc(C)ccc2C)c(N)cc1F. The Kier molecular flexibility index (Phi) is 5.12. The van der Waals surface area contributed by atoms with Crippen LogP contribution in [0.4, 0.5) is 10.1 Å². The van der Waals surface area contributed by atoms with E-state index in [2.05, 4.69) is 25.1 Å². The van der Waals surface area contributed by atoms with Gasteiger partial charge < -0.3 is 10.5 Å². The van der Waals surface area contributed by atoms with Crippen LogP contribution in [0, 0.1) is 19.7 Å². The summed E-state index contributed by atoms with van der Waals surface area (Å²) in [6, 6.07) is 9.27. The highest BCUT2D eigenvalue weighted by molar-refractivity contribution is 7.99. The number of hydrogen-bond acceptors (Lipinski definition) is 3. The Bertz CT molecular complexity index is 643. The molecule has 2 aromatic carbocycles. The van der Waals surface area contributed by atoms with Crippen molar-refractivity contribution in [1.82, 2.24) is 0 Å². The van der Waals surface area contributed by atoms with Crippen molar-refractivity contribution >= 4 is 17.4 Å². The van der Waals surface area contributed by atoms with Gasteiger partial charge in [-0.3, -0.25) is 0 Å². The van der Waals surface area contributed by atoms with Crippen LogP contribution in [0.5, 0.6) is 5.75 Å². The molecule has 2 N–H and O–H groups in total. The maximum absolute atomic E-state index is 13.8. The Morgan fingerprint density at radius 2 is 1.90 bits per heavy atom. The first-order valence-corrected chi connectivity index (χ1v) is 7.80. The largest absolute Gasteiger partial charge is 0.490 e. The van der Waals surface area contributed by atoms with Gasteiger partial charge in [0.25, 0.3) is 0 Å². The van der Waals surface area contributed by atoms with E-state index in [4.69, 9.17) is 10.5 Å². The van der Waals surface area contributed by atoms with Crippen molar-refractivity contribution in [2.75, 3.05) is 12.3 Å². The maximum Gasteiger partial charge on any atom is 0.167 e. The summed E-state index contributed by atoms with van der Waals surface area (Å²) in [5.41, 5.74) is 8.73. The molecule has 0 aliphatic rings. The van der Waals surface area contributed by atoms with E-state index in [1.165, 1.54) is 29.0 Å². The fraction of sp³-hybridized carbons (Fsp3) is 0.294. The van der Waals surface area contributed by atoms with Gasteiger partial charge in [-0.1, -0.05) is 30.8 Å². The molecule has 0 radical (unpaired) electrons. The molecule has 0 atom stereocenters. The third kappa shape index (κ3) is 3.91. The Hall–Kier alpha value is -1.68. The Labute approximate surface area is 129 Å². The first-order valence-electron chi connectivity index (χ1n) is 6.98. The van der Waals surface area contributed by atoms with E-state index in [-0.39, 0.29) is 5.75 Å². The number of benzene rings is 2. The monoisotopic (exact) mass is 305 g/mol. The van der Waals surface area contributed by atoms with Crippen molar-refractivity contribution < 1.29 is 9.13 Å². The molecular formula is C17H20FNOS. The summed E-state index contributed by atoms with van der Waals surface area (Å²) in [6.45, 7) is 6.58. The summed E-state index contributed by atoms with van der Waals surface area (Å²) in [4.78, 5) is 1.94. The van der Waals surface area contributed by atoms with Crippen molar-refractivity contribution in [1.29, 1.82) is 0 Å². The molecule has 0 amide bonds. The summed E-state index contributed by atoms with van der Waals surface area (Å²) in [7, 11) is 0. The molecule has 0 saturated carbocycles. The molecule has 21 heavy (non-hydrogen) atoms. The van der Waals surface area contributed by atoms with Gasteiger partial charge in [0, 0.05) is 21.5 Å². The summed E-state index contributed by atoms with van der Waals surface area (Å²) in [5.74, 6) is -0.148. The Morgan fingerprint density at radius 1 is 1.14 bits per heavy atom. The minimum atomic E-state index is -0.411. The van der Waals surface area contributed by atoms with Crippen LogP contribution in [-0.2, 0) is 0 Å². The lowest BCUT2D eigenvalue weighted by atomic mass is 10.2. The molecule has 0 bridgehead atoms. The van der Waals surface area contributed by atoms with Gasteiger partial charge in [0.05, 0.1) is 6.61 Å². The molecule has 0 aromatic heterocycles. The first kappa shape index (κ1) is 15.7. The zero-order valence-electron chi connectivity index (χ0n) is 12.6. The summed E-state index contributed by atoms with van der Waals surface area (Å²) in [6.07, 6.45) is 0.837. The van der Waals surface area contributed by atoms with Crippen LogP contribution < -0.4 is 10.5 Å². The first-order chi connectivity index (χ1) is 10.0. The molecule has 0 aliphatic heterocycles. The van der Waals surface area contributed by atoms with Crippen LogP contribution in [-0.4, -0.2) is 6.61 Å². The molecule has 0 saturated heterocycles. The molecular weight excluding hydrogens is 285 g/mol. The second-order valence-corrected chi connectivity index (χ2v) is 6.12. The molecule has 0 fully saturated rings. The second-order valence-electron chi connectivity index (χ2n) is 5.04. The number of hydrogen-bond donors (Lipinski definition) is 1. The van der Waals surface area contributed by atoms with Crippen molar-refractivity contribution in [2.45, 2.75) is 37.0 Å². The normalized spacial score (nSPS) is 10.7. The minimum Gasteiger partial charge on any atom is -0.490 e. The van der Waals surface area contributed by atoms with Crippen LogP contribution in [0.15, 0.2) is 40.1 Å². The highest BCUT2D eigenvalue weighted by atomic mass is 32.2. The van der Waals surface area contributed by atoms with Crippen LogP contribution in [0.25, 0.3) is 0 Å². The highest BCUT2D eigenvalue weighted by Gasteiger charge is 2.11. The van der Waals surface area contributed by atoms with Crippen LogP contribution in [0.1, 0.15) is 24.5 Å². The molecule has 4 heteroatoms. The lowest BCUT2D eigenvalue weighted by Gasteiger charge is -2.12. The topological polar surface area (TPSA) is 35.2 Å². The molecule has 0 heterocycles. The third-order valence-corrected chi connectivity index (χ3v) is 4.32. The van der Waals surface area contributed by atoms with Crippen LogP contribution in [0.2, 0.25) is 0 Å². The fourth-order valence-corrected chi connectivity index (χ4v) is 2.95. The zero-order chi connectivity index (χ0) is 15.4. The maximum atomic E-state index is 13.8. The standard InChI is InChI=1S/C17H20FNOS/c1-4-7-20-15-10-17(14(19)9-13(15)18)21-16-8-11(2)5-6-12(16)3/h5-6,8-10H,4,7,19H2,1-3H3. The minimum absolute atomic E-state index is 0.263. The average molecular weight is 305 g/mol. The highest BCUT2D eigenvalue weighted by Crippen LogP contribution is 2.37. The lowest BCUT2D eigenvalue weighted by Crippen LogP contribution is -1.99. The van der Waals surface area contributed by atoms with E-state index in [1.54, 1.807) is 6.07 Å².